The molecule has 23 heavy (non-hydrogen) atoms. The van der Waals surface area contributed by atoms with Gasteiger partial charge in [0.15, 0.2) is 11.2 Å². The molecule has 0 saturated heterocycles. The molecule has 0 aromatic carbocycles. The molecule has 2 aromatic rings. The molecule has 0 aliphatic heterocycles. The van der Waals surface area contributed by atoms with Crippen molar-refractivity contribution in [2.24, 2.45) is 14.1 Å². The normalized spacial score (nSPS) is 16.4. The number of aryl methyl sites for hydroxylation is 1. The quantitative estimate of drug-likeness (QED) is 0.935. The van der Waals surface area contributed by atoms with Crippen molar-refractivity contribution in [3.8, 4) is 0 Å². The van der Waals surface area contributed by atoms with Crippen LogP contribution in [-0.4, -0.2) is 24.7 Å². The third-order valence-corrected chi connectivity index (χ3v) is 4.75. The van der Waals surface area contributed by atoms with Crippen LogP contribution in [0.25, 0.3) is 11.2 Å². The molecule has 0 amide bonds. The lowest BCUT2D eigenvalue weighted by Crippen LogP contribution is -2.37. The molecule has 3 rings (SSSR count). The Morgan fingerprint density at radius 3 is 2.35 bits per heavy atom. The molecule has 0 atom stereocenters. The van der Waals surface area contributed by atoms with Crippen LogP contribution in [0.15, 0.2) is 9.59 Å². The van der Waals surface area contributed by atoms with Crippen molar-refractivity contribution in [2.75, 3.05) is 5.32 Å². The lowest BCUT2D eigenvalue weighted by atomic mass is 9.96. The zero-order valence-electron chi connectivity index (χ0n) is 14.3. The van der Waals surface area contributed by atoms with Crippen LogP contribution in [0.4, 0.5) is 5.95 Å². The second-order valence-corrected chi connectivity index (χ2v) is 6.76. The minimum Gasteiger partial charge on any atom is -0.353 e. The number of nitrogens with one attached hydrogen (secondary N) is 1. The largest absolute Gasteiger partial charge is 0.353 e. The third-order valence-electron chi connectivity index (χ3n) is 4.75. The number of fused-ring (bicyclic) bond motifs is 1. The third kappa shape index (κ3) is 2.58. The summed E-state index contributed by atoms with van der Waals surface area (Å²) >= 11 is 0. The highest BCUT2D eigenvalue weighted by Crippen LogP contribution is 2.25. The fraction of sp³-hybridized carbons (Fsp3) is 0.688. The molecule has 0 spiro atoms. The number of nitrogens with zero attached hydrogens (tertiary/aromatic N) is 4. The maximum atomic E-state index is 12.6. The van der Waals surface area contributed by atoms with Crippen molar-refractivity contribution in [1.82, 2.24) is 18.7 Å². The Morgan fingerprint density at radius 2 is 1.74 bits per heavy atom. The molecular formula is C16H25N5O2. The summed E-state index contributed by atoms with van der Waals surface area (Å²) in [5.74, 6) is 0.695. The lowest BCUT2D eigenvalue weighted by Gasteiger charge is -2.24. The summed E-state index contributed by atoms with van der Waals surface area (Å²) in [4.78, 5) is 29.3. The maximum absolute atomic E-state index is 12.6. The lowest BCUT2D eigenvalue weighted by molar-refractivity contribution is 0.457. The van der Waals surface area contributed by atoms with Crippen molar-refractivity contribution in [2.45, 2.75) is 58.0 Å². The first-order chi connectivity index (χ1) is 10.9. The van der Waals surface area contributed by atoms with Crippen molar-refractivity contribution in [3.05, 3.63) is 20.8 Å². The SMILES string of the molecule is CC(C)n1c(NC2CCCCC2)nc2c1c(=O)n(C)c(=O)n2C. The highest BCUT2D eigenvalue weighted by atomic mass is 16.2. The van der Waals surface area contributed by atoms with E-state index in [-0.39, 0.29) is 17.3 Å². The Bertz CT molecular complexity index is 837. The minimum atomic E-state index is -0.347. The summed E-state index contributed by atoms with van der Waals surface area (Å²) in [5.41, 5.74) is 0.300. The Kier molecular flexibility index (Phi) is 4.04. The predicted molar refractivity (Wildman–Crippen MR) is 91.1 cm³/mol. The van der Waals surface area contributed by atoms with Crippen molar-refractivity contribution >= 4 is 17.1 Å². The first kappa shape index (κ1) is 15.8. The summed E-state index contributed by atoms with van der Waals surface area (Å²) in [6.07, 6.45) is 5.98. The van der Waals surface area contributed by atoms with E-state index in [9.17, 15) is 9.59 Å². The monoisotopic (exact) mass is 319 g/mol. The second-order valence-electron chi connectivity index (χ2n) is 6.76. The standard InChI is InChI=1S/C16H25N5O2/c1-10(2)21-12-13(19(3)16(23)20(4)14(12)22)18-15(21)17-11-8-6-5-7-9-11/h10-11H,5-9H2,1-4H3,(H,17,18). The summed E-state index contributed by atoms with van der Waals surface area (Å²) in [7, 11) is 3.17. The number of hydrogen-bond acceptors (Lipinski definition) is 4. The van der Waals surface area contributed by atoms with Crippen LogP contribution in [-0.2, 0) is 14.1 Å². The highest BCUT2D eigenvalue weighted by molar-refractivity contribution is 5.74. The first-order valence-electron chi connectivity index (χ1n) is 8.36. The molecule has 1 N–H and O–H groups in total. The van der Waals surface area contributed by atoms with Crippen LogP contribution in [0.2, 0.25) is 0 Å². The van der Waals surface area contributed by atoms with Crippen molar-refractivity contribution in [1.29, 1.82) is 0 Å². The average Bonchev–Trinajstić information content (AvgIpc) is 2.91. The van der Waals surface area contributed by atoms with E-state index in [1.165, 1.54) is 30.9 Å². The van der Waals surface area contributed by atoms with Gasteiger partial charge < -0.3 is 9.88 Å². The van der Waals surface area contributed by atoms with Gasteiger partial charge in [0.1, 0.15) is 0 Å². The zero-order chi connectivity index (χ0) is 16.7. The molecule has 1 fully saturated rings. The van der Waals surface area contributed by atoms with Crippen LogP contribution in [0.1, 0.15) is 52.0 Å². The van der Waals surface area contributed by atoms with Gasteiger partial charge >= 0.3 is 5.69 Å². The second kappa shape index (κ2) is 5.86. The topological polar surface area (TPSA) is 73.8 Å². The van der Waals surface area contributed by atoms with Crippen LogP contribution < -0.4 is 16.6 Å². The van der Waals surface area contributed by atoms with Gasteiger partial charge in [-0.2, -0.15) is 4.98 Å². The molecule has 1 aliphatic rings. The van der Waals surface area contributed by atoms with Gasteiger partial charge in [0.2, 0.25) is 5.95 Å². The molecule has 0 unspecified atom stereocenters. The van der Waals surface area contributed by atoms with Gasteiger partial charge in [-0.1, -0.05) is 19.3 Å². The fourth-order valence-corrected chi connectivity index (χ4v) is 3.45. The number of hydrogen-bond donors (Lipinski definition) is 1. The van der Waals surface area contributed by atoms with Crippen molar-refractivity contribution < 1.29 is 0 Å². The molecule has 1 saturated carbocycles. The van der Waals surface area contributed by atoms with Gasteiger partial charge in [-0.3, -0.25) is 13.9 Å². The minimum absolute atomic E-state index is 0.0799. The van der Waals surface area contributed by atoms with E-state index >= 15 is 0 Å². The number of rotatable bonds is 3. The van der Waals surface area contributed by atoms with E-state index in [0.717, 1.165) is 17.4 Å². The van der Waals surface area contributed by atoms with E-state index in [2.05, 4.69) is 10.3 Å². The smallest absolute Gasteiger partial charge is 0.332 e. The average molecular weight is 319 g/mol. The van der Waals surface area contributed by atoms with Gasteiger partial charge in [0.25, 0.3) is 5.56 Å². The van der Waals surface area contributed by atoms with E-state index in [1.54, 1.807) is 7.05 Å². The van der Waals surface area contributed by atoms with Gasteiger partial charge in [0.05, 0.1) is 0 Å². The Labute approximate surface area is 134 Å². The zero-order valence-corrected chi connectivity index (χ0v) is 14.3. The van der Waals surface area contributed by atoms with Crippen LogP contribution in [0, 0.1) is 0 Å². The molecule has 2 heterocycles. The predicted octanol–water partition coefficient (Wildman–Crippen LogP) is 1.76. The first-order valence-corrected chi connectivity index (χ1v) is 8.36. The van der Waals surface area contributed by atoms with Crippen LogP contribution in [0.3, 0.4) is 0 Å². The summed E-state index contributed by atoms with van der Waals surface area (Å²) < 4.78 is 4.51. The van der Waals surface area contributed by atoms with Gasteiger partial charge in [-0.15, -0.1) is 0 Å². The van der Waals surface area contributed by atoms with Crippen LogP contribution in [0.5, 0.6) is 0 Å². The molecule has 1 aliphatic carbocycles. The summed E-state index contributed by atoms with van der Waals surface area (Å²) in [5, 5.41) is 3.50. The fourth-order valence-electron chi connectivity index (χ4n) is 3.45. The highest BCUT2D eigenvalue weighted by Gasteiger charge is 2.23. The Balaban J connectivity index is 2.20. The summed E-state index contributed by atoms with van der Waals surface area (Å²) in [6.45, 7) is 4.05. The molecule has 126 valence electrons. The van der Waals surface area contributed by atoms with Crippen molar-refractivity contribution in [3.63, 3.8) is 0 Å². The summed E-state index contributed by atoms with van der Waals surface area (Å²) in [6, 6.07) is 0.468. The van der Waals surface area contributed by atoms with Gasteiger partial charge in [-0.25, -0.2) is 4.79 Å². The molecule has 0 bridgehead atoms. The van der Waals surface area contributed by atoms with E-state index in [1.807, 2.05) is 18.4 Å². The maximum Gasteiger partial charge on any atom is 0.332 e. The number of anilines is 1. The number of imidazole rings is 1. The molecule has 7 nitrogen and oxygen atoms in total. The molecule has 7 heteroatoms. The van der Waals surface area contributed by atoms with Gasteiger partial charge in [0, 0.05) is 26.2 Å². The molecular weight excluding hydrogens is 294 g/mol. The molecule has 2 aromatic heterocycles. The van der Waals surface area contributed by atoms with Crippen LogP contribution >= 0.6 is 0 Å². The Morgan fingerprint density at radius 1 is 1.09 bits per heavy atom. The Hall–Kier alpha value is -2.05. The van der Waals surface area contributed by atoms with E-state index < -0.39 is 0 Å². The van der Waals surface area contributed by atoms with E-state index in [4.69, 9.17) is 0 Å². The number of aromatic nitrogens is 4. The molecule has 0 radical (unpaired) electrons. The van der Waals surface area contributed by atoms with E-state index in [0.29, 0.717) is 23.2 Å². The van der Waals surface area contributed by atoms with Gasteiger partial charge in [-0.05, 0) is 26.7 Å².